The zero-order valence-corrected chi connectivity index (χ0v) is 8.26. The van der Waals surface area contributed by atoms with Crippen LogP contribution in [0.25, 0.3) is 5.65 Å². The van der Waals surface area contributed by atoms with E-state index >= 15 is 0 Å². The van der Waals surface area contributed by atoms with E-state index in [2.05, 4.69) is 4.98 Å². The number of aryl methyl sites for hydroxylation is 1. The number of hydrogen-bond acceptors (Lipinski definition) is 1. The van der Waals surface area contributed by atoms with Crippen LogP contribution in [-0.2, 0) is 6.18 Å². The molecule has 0 saturated heterocycles. The Morgan fingerprint density at radius 2 is 2.00 bits per heavy atom. The molecule has 0 saturated carbocycles. The second kappa shape index (κ2) is 3.02. The zero-order chi connectivity index (χ0) is 11.2. The summed E-state index contributed by atoms with van der Waals surface area (Å²) in [4.78, 5) is 3.86. The molecule has 15 heavy (non-hydrogen) atoms. The van der Waals surface area contributed by atoms with Gasteiger partial charge in [-0.2, -0.15) is 13.2 Å². The first-order chi connectivity index (χ1) is 6.88. The summed E-state index contributed by atoms with van der Waals surface area (Å²) < 4.78 is 39.4. The van der Waals surface area contributed by atoms with Crippen molar-refractivity contribution in [1.29, 1.82) is 0 Å². The molecule has 0 atom stereocenters. The third kappa shape index (κ3) is 1.71. The quantitative estimate of drug-likeness (QED) is 0.593. The molecule has 2 rings (SSSR count). The van der Waals surface area contributed by atoms with Crippen molar-refractivity contribution in [2.24, 2.45) is 0 Å². The van der Waals surface area contributed by atoms with E-state index in [-0.39, 0.29) is 5.65 Å². The van der Waals surface area contributed by atoms with Gasteiger partial charge in [0.25, 0.3) is 0 Å². The summed E-state index contributed by atoms with van der Waals surface area (Å²) in [6.45, 7) is 1.67. The van der Waals surface area contributed by atoms with Crippen molar-refractivity contribution in [1.82, 2.24) is 9.38 Å². The number of halogens is 3. The summed E-state index contributed by atoms with van der Waals surface area (Å²) in [5.74, 6) is 0. The molecule has 2 heterocycles. The minimum atomic E-state index is -4.36. The summed E-state index contributed by atoms with van der Waals surface area (Å²) in [5.41, 5.74) is 0.416. The summed E-state index contributed by atoms with van der Waals surface area (Å²) in [5, 5.41) is 0. The largest absolute Gasteiger partial charge is 0.419 e. The Morgan fingerprint density at radius 1 is 1.33 bits per heavy atom. The minimum Gasteiger partial charge on any atom is -0.307 e. The fraction of sp³-hybridized carbons (Fsp3) is 0.222. The molecule has 2 aromatic heterocycles. The topological polar surface area (TPSA) is 17.3 Å². The van der Waals surface area contributed by atoms with Gasteiger partial charge in [0, 0.05) is 12.4 Å². The van der Waals surface area contributed by atoms with E-state index in [0.717, 1.165) is 6.07 Å². The molecule has 2 aromatic rings. The van der Waals surface area contributed by atoms with Gasteiger partial charge in [-0.3, -0.25) is 0 Å². The van der Waals surface area contributed by atoms with E-state index in [9.17, 15) is 13.2 Å². The van der Waals surface area contributed by atoms with Crippen LogP contribution >= 0.6 is 0 Å². The third-order valence-electron chi connectivity index (χ3n) is 2.11. The van der Waals surface area contributed by atoms with Crippen LogP contribution in [0.15, 0.2) is 18.5 Å². The summed E-state index contributed by atoms with van der Waals surface area (Å²) >= 11 is 0. The number of fused-ring (bicyclic) bond motifs is 1. The first-order valence-corrected chi connectivity index (χ1v) is 4.41. The maximum Gasteiger partial charge on any atom is 0.419 e. The van der Waals surface area contributed by atoms with Gasteiger partial charge >= 0.3 is 6.18 Å². The van der Waals surface area contributed by atoms with E-state index in [1.54, 1.807) is 27.2 Å². The summed E-state index contributed by atoms with van der Waals surface area (Å²) in [6, 6.07) is 1.11. The Kier molecular flexibility index (Phi) is 2.03. The lowest BCUT2D eigenvalue weighted by Gasteiger charge is -2.09. The fourth-order valence-corrected chi connectivity index (χ4v) is 1.57. The molecule has 0 N–H and O–H groups in total. The van der Waals surface area contributed by atoms with Crippen molar-refractivity contribution >= 4 is 19.0 Å². The third-order valence-corrected chi connectivity index (χ3v) is 2.11. The molecule has 0 fully saturated rings. The molecular weight excluding hydrogens is 204 g/mol. The first-order valence-electron chi connectivity index (χ1n) is 4.41. The van der Waals surface area contributed by atoms with Crippen LogP contribution in [0.5, 0.6) is 0 Å². The monoisotopic (exact) mass is 212 g/mol. The van der Waals surface area contributed by atoms with Gasteiger partial charge in [-0.15, -0.1) is 0 Å². The number of hydrogen-bond donors (Lipinski definition) is 0. The lowest BCUT2D eigenvalue weighted by Crippen LogP contribution is -2.14. The van der Waals surface area contributed by atoms with Crippen LogP contribution < -0.4 is 5.46 Å². The molecule has 0 bridgehead atoms. The average molecular weight is 212 g/mol. The molecule has 0 amide bonds. The number of nitrogens with zero attached hydrogens (tertiary/aromatic N) is 2. The van der Waals surface area contributed by atoms with Crippen LogP contribution in [0, 0.1) is 6.92 Å². The molecule has 0 aliphatic heterocycles. The van der Waals surface area contributed by atoms with E-state index in [1.807, 2.05) is 0 Å². The van der Waals surface area contributed by atoms with Gasteiger partial charge in [-0.05, 0) is 6.92 Å². The highest BCUT2D eigenvalue weighted by atomic mass is 19.4. The van der Waals surface area contributed by atoms with Gasteiger partial charge in [-0.25, -0.2) is 4.98 Å². The molecular formula is C9H8BF3N2. The normalized spacial score (nSPS) is 12.3. The SMILES string of the molecule is Bc1cc(C(F)(F)F)c2nc(C)cn2c1. The Bertz CT molecular complexity index is 516. The van der Waals surface area contributed by atoms with Crippen LogP contribution in [0.4, 0.5) is 13.2 Å². The number of imidazole rings is 1. The van der Waals surface area contributed by atoms with Gasteiger partial charge in [-0.1, -0.05) is 11.5 Å². The minimum absolute atomic E-state index is 0.0365. The molecule has 2 nitrogen and oxygen atoms in total. The predicted molar refractivity (Wildman–Crippen MR) is 53.1 cm³/mol. The van der Waals surface area contributed by atoms with E-state index in [4.69, 9.17) is 0 Å². The highest BCUT2D eigenvalue weighted by Gasteiger charge is 2.34. The van der Waals surface area contributed by atoms with Gasteiger partial charge in [0.1, 0.15) is 13.5 Å². The maximum absolute atomic E-state index is 12.7. The number of aromatic nitrogens is 2. The van der Waals surface area contributed by atoms with Gasteiger partial charge in [0.15, 0.2) is 0 Å². The molecule has 6 heteroatoms. The molecule has 0 unspecified atom stereocenters. The van der Waals surface area contributed by atoms with Gasteiger partial charge in [0.2, 0.25) is 0 Å². The van der Waals surface area contributed by atoms with Crippen molar-refractivity contribution < 1.29 is 13.2 Å². The van der Waals surface area contributed by atoms with Gasteiger partial charge < -0.3 is 4.40 Å². The number of alkyl halides is 3. The predicted octanol–water partition coefficient (Wildman–Crippen LogP) is 0.920. The highest BCUT2D eigenvalue weighted by Crippen LogP contribution is 2.31. The van der Waals surface area contributed by atoms with Crippen molar-refractivity contribution in [2.75, 3.05) is 0 Å². The molecule has 0 aliphatic carbocycles. The smallest absolute Gasteiger partial charge is 0.307 e. The Balaban J connectivity index is 2.82. The zero-order valence-electron chi connectivity index (χ0n) is 8.26. The average Bonchev–Trinajstić information content (AvgIpc) is 2.41. The van der Waals surface area contributed by atoms with Crippen LogP contribution in [-0.4, -0.2) is 17.2 Å². The molecule has 0 radical (unpaired) electrons. The van der Waals surface area contributed by atoms with Crippen LogP contribution in [0.1, 0.15) is 11.3 Å². The standard InChI is InChI=1S/C9H8BF3N2/c1-5-3-15-4-6(10)2-7(8(15)14-5)9(11,12)13/h2-4H,10H2,1H3. The van der Waals surface area contributed by atoms with Crippen molar-refractivity contribution in [3.63, 3.8) is 0 Å². The summed E-state index contributed by atoms with van der Waals surface area (Å²) in [7, 11) is 1.63. The van der Waals surface area contributed by atoms with E-state index in [0.29, 0.717) is 11.2 Å². The number of pyridine rings is 1. The molecule has 0 aliphatic rings. The van der Waals surface area contributed by atoms with Crippen molar-refractivity contribution in [3.8, 4) is 0 Å². The number of rotatable bonds is 0. The second-order valence-corrected chi connectivity index (χ2v) is 3.54. The summed E-state index contributed by atoms with van der Waals surface area (Å²) in [6.07, 6.45) is -1.15. The van der Waals surface area contributed by atoms with E-state index in [1.165, 1.54) is 4.40 Å². The lowest BCUT2D eigenvalue weighted by atomic mass is 9.97. The van der Waals surface area contributed by atoms with Crippen molar-refractivity contribution in [3.05, 3.63) is 29.7 Å². The fourth-order valence-electron chi connectivity index (χ4n) is 1.57. The van der Waals surface area contributed by atoms with E-state index < -0.39 is 11.7 Å². The second-order valence-electron chi connectivity index (χ2n) is 3.54. The lowest BCUT2D eigenvalue weighted by molar-refractivity contribution is -0.136. The maximum atomic E-state index is 12.7. The van der Waals surface area contributed by atoms with Gasteiger partial charge in [0.05, 0.1) is 11.3 Å². The van der Waals surface area contributed by atoms with Crippen LogP contribution in [0.3, 0.4) is 0 Å². The first kappa shape index (κ1) is 10.1. The Hall–Kier alpha value is -1.46. The van der Waals surface area contributed by atoms with Crippen molar-refractivity contribution in [2.45, 2.75) is 13.1 Å². The Labute approximate surface area is 85.1 Å². The Morgan fingerprint density at radius 3 is 2.60 bits per heavy atom. The molecule has 0 spiro atoms. The highest BCUT2D eigenvalue weighted by molar-refractivity contribution is 6.32. The molecule has 0 aromatic carbocycles. The molecule has 78 valence electrons. The van der Waals surface area contributed by atoms with Crippen LogP contribution in [0.2, 0.25) is 0 Å².